The first-order valence-electron chi connectivity index (χ1n) is 11.5. The SMILES string of the molecule is CC1=Nc2cc(-c3ccc4c(c3)CN(c3nc(CN(C)C)nc(C)c3C)CCO4)ccc2C1. The van der Waals surface area contributed by atoms with Crippen molar-refractivity contribution in [3.05, 3.63) is 64.6 Å². The Bertz CT molecular complexity index is 1250. The van der Waals surface area contributed by atoms with E-state index in [-0.39, 0.29) is 0 Å². The molecule has 33 heavy (non-hydrogen) atoms. The minimum Gasteiger partial charge on any atom is -0.491 e. The molecule has 1 aromatic heterocycles. The smallest absolute Gasteiger partial charge is 0.144 e. The zero-order valence-electron chi connectivity index (χ0n) is 20.1. The second-order valence-electron chi connectivity index (χ2n) is 9.37. The number of anilines is 1. The molecular weight excluding hydrogens is 410 g/mol. The fourth-order valence-electron chi connectivity index (χ4n) is 4.60. The summed E-state index contributed by atoms with van der Waals surface area (Å²) in [5.41, 5.74) is 9.29. The van der Waals surface area contributed by atoms with Gasteiger partial charge in [-0.3, -0.25) is 4.99 Å². The predicted octanol–water partition coefficient (Wildman–Crippen LogP) is 4.87. The number of ether oxygens (including phenoxy) is 1. The summed E-state index contributed by atoms with van der Waals surface area (Å²) >= 11 is 0. The molecule has 0 spiro atoms. The van der Waals surface area contributed by atoms with Crippen LogP contribution in [0.1, 0.15) is 35.1 Å². The number of nitrogens with zero attached hydrogens (tertiary/aromatic N) is 5. The molecule has 0 unspecified atom stereocenters. The van der Waals surface area contributed by atoms with Gasteiger partial charge in [0.25, 0.3) is 0 Å². The lowest BCUT2D eigenvalue weighted by Crippen LogP contribution is -2.28. The number of hydrogen-bond acceptors (Lipinski definition) is 6. The molecule has 3 heterocycles. The Kier molecular flexibility index (Phi) is 5.62. The molecule has 2 aliphatic heterocycles. The maximum absolute atomic E-state index is 6.13. The summed E-state index contributed by atoms with van der Waals surface area (Å²) in [5.74, 6) is 2.81. The molecule has 0 saturated heterocycles. The van der Waals surface area contributed by atoms with Crippen molar-refractivity contribution in [2.45, 2.75) is 40.3 Å². The van der Waals surface area contributed by atoms with Gasteiger partial charge in [-0.1, -0.05) is 18.2 Å². The van der Waals surface area contributed by atoms with E-state index in [1.165, 1.54) is 28.0 Å². The average molecular weight is 442 g/mol. The lowest BCUT2D eigenvalue weighted by Gasteiger charge is -2.24. The highest BCUT2D eigenvalue weighted by Crippen LogP contribution is 2.35. The highest BCUT2D eigenvalue weighted by atomic mass is 16.5. The van der Waals surface area contributed by atoms with E-state index in [0.717, 1.165) is 60.4 Å². The van der Waals surface area contributed by atoms with Gasteiger partial charge in [-0.15, -0.1) is 0 Å². The first-order valence-corrected chi connectivity index (χ1v) is 11.5. The van der Waals surface area contributed by atoms with E-state index in [4.69, 9.17) is 19.7 Å². The molecule has 2 aliphatic rings. The highest BCUT2D eigenvalue weighted by Gasteiger charge is 2.21. The number of rotatable bonds is 4. The van der Waals surface area contributed by atoms with Gasteiger partial charge in [0, 0.05) is 35.5 Å². The molecule has 0 radical (unpaired) electrons. The van der Waals surface area contributed by atoms with Crippen LogP contribution in [0.4, 0.5) is 11.5 Å². The van der Waals surface area contributed by atoms with E-state index in [1.54, 1.807) is 0 Å². The topological polar surface area (TPSA) is 53.9 Å². The summed E-state index contributed by atoms with van der Waals surface area (Å²) in [6.07, 6.45) is 0.954. The highest BCUT2D eigenvalue weighted by molar-refractivity contribution is 5.93. The van der Waals surface area contributed by atoms with E-state index in [1.807, 2.05) is 14.1 Å². The number of hydrogen-bond donors (Lipinski definition) is 0. The van der Waals surface area contributed by atoms with E-state index in [9.17, 15) is 0 Å². The third kappa shape index (κ3) is 4.35. The molecule has 6 heteroatoms. The van der Waals surface area contributed by atoms with Gasteiger partial charge in [0.05, 0.1) is 18.8 Å². The van der Waals surface area contributed by atoms with Crippen molar-refractivity contribution in [3.63, 3.8) is 0 Å². The van der Waals surface area contributed by atoms with Crippen LogP contribution in [-0.4, -0.2) is 47.8 Å². The zero-order valence-corrected chi connectivity index (χ0v) is 20.1. The molecule has 0 aliphatic carbocycles. The van der Waals surface area contributed by atoms with Crippen molar-refractivity contribution in [1.82, 2.24) is 14.9 Å². The van der Waals surface area contributed by atoms with Gasteiger partial charge in [-0.05, 0) is 69.8 Å². The van der Waals surface area contributed by atoms with Crippen LogP contribution in [-0.2, 0) is 19.5 Å². The second-order valence-corrected chi connectivity index (χ2v) is 9.37. The molecule has 0 bridgehead atoms. The van der Waals surface area contributed by atoms with Crippen LogP contribution >= 0.6 is 0 Å². The van der Waals surface area contributed by atoms with Crippen LogP contribution in [0.15, 0.2) is 41.4 Å². The minimum atomic E-state index is 0.630. The molecule has 0 atom stereocenters. The van der Waals surface area contributed by atoms with Crippen LogP contribution in [0, 0.1) is 13.8 Å². The average Bonchev–Trinajstić information content (AvgIpc) is 3.01. The summed E-state index contributed by atoms with van der Waals surface area (Å²) < 4.78 is 6.13. The monoisotopic (exact) mass is 441 g/mol. The lowest BCUT2D eigenvalue weighted by atomic mass is 9.99. The third-order valence-corrected chi connectivity index (χ3v) is 6.38. The number of aryl methyl sites for hydroxylation is 1. The summed E-state index contributed by atoms with van der Waals surface area (Å²) in [6, 6.07) is 13.1. The molecule has 170 valence electrons. The predicted molar refractivity (Wildman–Crippen MR) is 134 cm³/mol. The summed E-state index contributed by atoms with van der Waals surface area (Å²) in [5, 5.41) is 0. The minimum absolute atomic E-state index is 0.630. The number of aromatic nitrogens is 2. The molecule has 2 aromatic carbocycles. The molecule has 5 rings (SSSR count). The standard InChI is InChI=1S/C27H31N5O/c1-17-12-22-7-6-21(14-24(22)28-17)20-8-9-25-23(13-20)15-32(10-11-33-25)27-18(2)19(3)29-26(30-27)16-31(4)5/h6-9,13-14H,10-12,15-16H2,1-5H3. The molecule has 0 fully saturated rings. The fourth-order valence-corrected chi connectivity index (χ4v) is 4.60. The largest absolute Gasteiger partial charge is 0.491 e. The molecular formula is C27H31N5O. The Morgan fingerprint density at radius 2 is 1.76 bits per heavy atom. The second kappa shape index (κ2) is 8.60. The van der Waals surface area contributed by atoms with E-state index >= 15 is 0 Å². The zero-order chi connectivity index (χ0) is 23.1. The number of benzene rings is 2. The maximum atomic E-state index is 6.13. The van der Waals surface area contributed by atoms with Crippen molar-refractivity contribution in [2.24, 2.45) is 4.99 Å². The van der Waals surface area contributed by atoms with Gasteiger partial charge in [-0.2, -0.15) is 0 Å². The van der Waals surface area contributed by atoms with E-state index < -0.39 is 0 Å². The maximum Gasteiger partial charge on any atom is 0.144 e. The first-order chi connectivity index (χ1) is 15.9. The van der Waals surface area contributed by atoms with Crippen LogP contribution in [0.2, 0.25) is 0 Å². The lowest BCUT2D eigenvalue weighted by molar-refractivity contribution is 0.331. The molecule has 0 amide bonds. The first kappa shape index (κ1) is 21.6. The Hall–Kier alpha value is -3.25. The number of fused-ring (bicyclic) bond motifs is 2. The van der Waals surface area contributed by atoms with Crippen molar-refractivity contribution >= 4 is 17.2 Å². The Balaban J connectivity index is 1.48. The normalized spacial score (nSPS) is 15.1. The van der Waals surface area contributed by atoms with E-state index in [2.05, 4.69) is 67.0 Å². The summed E-state index contributed by atoms with van der Waals surface area (Å²) in [4.78, 5) is 18.8. The van der Waals surface area contributed by atoms with Gasteiger partial charge in [0.2, 0.25) is 0 Å². The van der Waals surface area contributed by atoms with Gasteiger partial charge in [0.15, 0.2) is 0 Å². The quantitative estimate of drug-likeness (QED) is 0.578. The summed E-state index contributed by atoms with van der Waals surface area (Å²) in [7, 11) is 4.09. The Morgan fingerprint density at radius 3 is 2.58 bits per heavy atom. The molecule has 0 N–H and O–H groups in total. The molecule has 6 nitrogen and oxygen atoms in total. The fraction of sp³-hybridized carbons (Fsp3) is 0.370. The van der Waals surface area contributed by atoms with Crippen molar-refractivity contribution in [1.29, 1.82) is 0 Å². The summed E-state index contributed by atoms with van der Waals surface area (Å²) in [6.45, 7) is 9.16. The van der Waals surface area contributed by atoms with Crippen LogP contribution in [0.25, 0.3) is 11.1 Å². The number of aliphatic imine (C=N–C) groups is 1. The van der Waals surface area contributed by atoms with Crippen LogP contribution < -0.4 is 9.64 Å². The Labute approximate surface area is 196 Å². The van der Waals surface area contributed by atoms with Crippen LogP contribution in [0.3, 0.4) is 0 Å². The van der Waals surface area contributed by atoms with Gasteiger partial charge >= 0.3 is 0 Å². The molecule has 3 aromatic rings. The van der Waals surface area contributed by atoms with Gasteiger partial charge < -0.3 is 14.5 Å². The van der Waals surface area contributed by atoms with Gasteiger partial charge in [-0.25, -0.2) is 9.97 Å². The van der Waals surface area contributed by atoms with Crippen LogP contribution in [0.5, 0.6) is 5.75 Å². The molecule has 0 saturated carbocycles. The van der Waals surface area contributed by atoms with Gasteiger partial charge in [0.1, 0.15) is 24.0 Å². The van der Waals surface area contributed by atoms with Crippen molar-refractivity contribution in [3.8, 4) is 16.9 Å². The van der Waals surface area contributed by atoms with Crippen molar-refractivity contribution in [2.75, 3.05) is 32.1 Å². The Morgan fingerprint density at radius 1 is 0.970 bits per heavy atom. The van der Waals surface area contributed by atoms with Crippen molar-refractivity contribution < 1.29 is 4.74 Å². The van der Waals surface area contributed by atoms with E-state index in [0.29, 0.717) is 6.61 Å². The third-order valence-electron chi connectivity index (χ3n) is 6.38.